The van der Waals surface area contributed by atoms with Crippen molar-refractivity contribution in [3.05, 3.63) is 71.8 Å². The number of rotatable bonds is 8. The number of carbonyl (C=O) groups excluding carboxylic acids is 2. The van der Waals surface area contributed by atoms with Gasteiger partial charge in [0.05, 0.1) is 24.1 Å². The Morgan fingerprint density at radius 1 is 0.972 bits per heavy atom. The molecular weight excluding hydrogens is 454 g/mol. The molecule has 1 saturated carbocycles. The van der Waals surface area contributed by atoms with E-state index in [4.69, 9.17) is 10.5 Å². The fourth-order valence-electron chi connectivity index (χ4n) is 5.00. The second-order valence-electron chi connectivity index (χ2n) is 9.60. The van der Waals surface area contributed by atoms with Crippen molar-refractivity contribution in [2.24, 2.45) is 10.7 Å². The molecule has 1 aliphatic heterocycles. The molecule has 0 bridgehead atoms. The molecule has 4 atom stereocenters. The van der Waals surface area contributed by atoms with E-state index in [1.165, 1.54) is 0 Å². The molecular formula is C28H37N5O3. The number of nitrogens with one attached hydrogen (secondary N) is 3. The molecule has 4 unspecified atom stereocenters. The van der Waals surface area contributed by atoms with Gasteiger partial charge in [0.2, 0.25) is 5.91 Å². The Morgan fingerprint density at radius 3 is 2.42 bits per heavy atom. The molecule has 8 heteroatoms. The van der Waals surface area contributed by atoms with Crippen LogP contribution in [0, 0.1) is 0 Å². The maximum absolute atomic E-state index is 13.6. The first-order chi connectivity index (χ1) is 17.6. The van der Waals surface area contributed by atoms with Crippen molar-refractivity contribution >= 4 is 17.9 Å². The Kier molecular flexibility index (Phi) is 9.33. The molecule has 2 aromatic carbocycles. The molecule has 4 rings (SSSR count). The minimum atomic E-state index is -0.393. The Morgan fingerprint density at radius 2 is 1.69 bits per heavy atom. The highest BCUT2D eigenvalue weighted by Gasteiger charge is 2.30. The smallest absolute Gasteiger partial charge is 0.321 e. The van der Waals surface area contributed by atoms with Gasteiger partial charge in [-0.25, -0.2) is 9.79 Å². The van der Waals surface area contributed by atoms with E-state index in [0.29, 0.717) is 13.0 Å². The van der Waals surface area contributed by atoms with Crippen LogP contribution in [0.25, 0.3) is 0 Å². The zero-order valence-corrected chi connectivity index (χ0v) is 20.7. The minimum Gasteiger partial charge on any atom is -0.376 e. The number of ether oxygens (including phenoxy) is 1. The van der Waals surface area contributed by atoms with Crippen molar-refractivity contribution in [3.8, 4) is 0 Å². The molecule has 0 aromatic heterocycles. The van der Waals surface area contributed by atoms with Crippen LogP contribution in [0.1, 0.15) is 55.6 Å². The van der Waals surface area contributed by atoms with E-state index >= 15 is 0 Å². The van der Waals surface area contributed by atoms with E-state index < -0.39 is 6.03 Å². The number of nitrogens with two attached hydrogens (primary N) is 1. The Hall–Kier alpha value is -3.39. The summed E-state index contributed by atoms with van der Waals surface area (Å²) >= 11 is 0. The fraction of sp³-hybridized carbons (Fsp3) is 0.464. The summed E-state index contributed by atoms with van der Waals surface area (Å²) in [7, 11) is 0. The summed E-state index contributed by atoms with van der Waals surface area (Å²) in [5.41, 5.74) is 8.17. The third-order valence-corrected chi connectivity index (χ3v) is 6.92. The fourth-order valence-corrected chi connectivity index (χ4v) is 5.00. The molecule has 2 aliphatic rings. The molecule has 0 spiro atoms. The van der Waals surface area contributed by atoms with Crippen LogP contribution in [0.4, 0.5) is 4.79 Å². The normalized spacial score (nSPS) is 23.0. The first-order valence-electron chi connectivity index (χ1n) is 13.0. The van der Waals surface area contributed by atoms with Gasteiger partial charge in [-0.3, -0.25) is 10.1 Å². The Labute approximate surface area is 213 Å². The number of benzene rings is 2. The van der Waals surface area contributed by atoms with Gasteiger partial charge in [-0.2, -0.15) is 0 Å². The Balaban J connectivity index is 1.38. The number of nitrogens with zero attached hydrogens (tertiary/aromatic N) is 1. The monoisotopic (exact) mass is 491 g/mol. The van der Waals surface area contributed by atoms with Gasteiger partial charge in [0.1, 0.15) is 0 Å². The predicted molar refractivity (Wildman–Crippen MR) is 141 cm³/mol. The first kappa shape index (κ1) is 25.7. The second kappa shape index (κ2) is 13.1. The minimum absolute atomic E-state index is 0.0157. The van der Waals surface area contributed by atoms with Crippen molar-refractivity contribution in [3.63, 3.8) is 0 Å². The summed E-state index contributed by atoms with van der Waals surface area (Å²) in [4.78, 5) is 30.4. The number of carbonyl (C=O) groups is 2. The molecule has 3 amide bonds. The summed E-state index contributed by atoms with van der Waals surface area (Å²) < 4.78 is 5.53. The average molecular weight is 492 g/mol. The van der Waals surface area contributed by atoms with Gasteiger partial charge in [0.15, 0.2) is 5.96 Å². The quantitative estimate of drug-likeness (QED) is 0.335. The van der Waals surface area contributed by atoms with Crippen molar-refractivity contribution in [1.82, 2.24) is 16.0 Å². The van der Waals surface area contributed by atoms with Gasteiger partial charge in [-0.1, -0.05) is 73.5 Å². The molecule has 5 N–H and O–H groups in total. The maximum atomic E-state index is 13.6. The zero-order valence-electron chi connectivity index (χ0n) is 20.7. The van der Waals surface area contributed by atoms with Crippen molar-refractivity contribution in [1.29, 1.82) is 0 Å². The molecule has 1 heterocycles. The van der Waals surface area contributed by atoms with Crippen molar-refractivity contribution in [2.75, 3.05) is 13.2 Å². The number of aliphatic imine (C=N–C) groups is 1. The lowest BCUT2D eigenvalue weighted by atomic mass is 9.88. The van der Waals surface area contributed by atoms with Crippen LogP contribution in [-0.2, 0) is 16.0 Å². The van der Waals surface area contributed by atoms with E-state index in [2.05, 4.69) is 20.9 Å². The molecule has 0 radical (unpaired) electrons. The second-order valence-corrected chi connectivity index (χ2v) is 9.60. The standard InChI is InChI=1S/C28H37N5O3/c29-27(33-28(35)30-19-22-14-9-17-36-22)32-25-16-8-7-15-24(25)31-26(34)23(21-12-5-2-6-13-21)18-20-10-3-1-4-11-20/h1-6,10-13,22-25H,7-9,14-19H2,(H,31,34)(H4,29,30,32,33,35). The van der Waals surface area contributed by atoms with Crippen LogP contribution in [0.15, 0.2) is 65.7 Å². The van der Waals surface area contributed by atoms with E-state index in [-0.39, 0.29) is 36.0 Å². The SMILES string of the molecule is NC(=NC1CCCCC1NC(=O)C(Cc1ccccc1)c1ccccc1)NC(=O)NCC1CCCO1. The summed E-state index contributed by atoms with van der Waals surface area (Å²) in [6.07, 6.45) is 6.29. The van der Waals surface area contributed by atoms with E-state index in [1.807, 2.05) is 60.7 Å². The maximum Gasteiger partial charge on any atom is 0.321 e. The van der Waals surface area contributed by atoms with E-state index in [9.17, 15) is 9.59 Å². The highest BCUT2D eigenvalue weighted by Crippen LogP contribution is 2.25. The number of guanidine groups is 1. The molecule has 36 heavy (non-hydrogen) atoms. The number of hydrogen-bond donors (Lipinski definition) is 4. The third kappa shape index (κ3) is 7.55. The molecule has 2 aromatic rings. The number of hydrogen-bond acceptors (Lipinski definition) is 4. The van der Waals surface area contributed by atoms with Crippen LogP contribution in [0.3, 0.4) is 0 Å². The van der Waals surface area contributed by atoms with Crippen LogP contribution < -0.4 is 21.7 Å². The highest BCUT2D eigenvalue weighted by atomic mass is 16.5. The lowest BCUT2D eigenvalue weighted by Crippen LogP contribution is -2.49. The number of urea groups is 1. The molecule has 1 saturated heterocycles. The molecule has 2 fully saturated rings. The van der Waals surface area contributed by atoms with Gasteiger partial charge in [0.25, 0.3) is 0 Å². The first-order valence-corrected chi connectivity index (χ1v) is 13.0. The van der Waals surface area contributed by atoms with E-state index in [1.54, 1.807) is 0 Å². The van der Waals surface area contributed by atoms with Crippen LogP contribution >= 0.6 is 0 Å². The van der Waals surface area contributed by atoms with Gasteiger partial charge in [-0.15, -0.1) is 0 Å². The van der Waals surface area contributed by atoms with Gasteiger partial charge < -0.3 is 21.1 Å². The van der Waals surface area contributed by atoms with E-state index in [0.717, 1.165) is 56.3 Å². The van der Waals surface area contributed by atoms with Crippen LogP contribution in [-0.4, -0.2) is 49.2 Å². The summed E-state index contributed by atoms with van der Waals surface area (Å²) in [6, 6.07) is 19.2. The van der Waals surface area contributed by atoms with Crippen LogP contribution in [0.2, 0.25) is 0 Å². The van der Waals surface area contributed by atoms with Gasteiger partial charge in [-0.05, 0) is 43.2 Å². The number of amides is 3. The summed E-state index contributed by atoms with van der Waals surface area (Å²) in [5.74, 6) is -0.257. The largest absolute Gasteiger partial charge is 0.376 e. The summed E-state index contributed by atoms with van der Waals surface area (Å²) in [6.45, 7) is 1.19. The topological polar surface area (TPSA) is 118 Å². The van der Waals surface area contributed by atoms with Gasteiger partial charge >= 0.3 is 6.03 Å². The zero-order chi connectivity index (χ0) is 25.2. The average Bonchev–Trinajstić information content (AvgIpc) is 3.42. The van der Waals surface area contributed by atoms with Crippen molar-refractivity contribution in [2.45, 2.75) is 69.1 Å². The molecule has 192 valence electrons. The highest BCUT2D eigenvalue weighted by molar-refractivity contribution is 5.95. The Bertz CT molecular complexity index is 1010. The molecule has 1 aliphatic carbocycles. The lowest BCUT2D eigenvalue weighted by molar-refractivity contribution is -0.123. The molecule has 8 nitrogen and oxygen atoms in total. The van der Waals surface area contributed by atoms with Crippen LogP contribution in [0.5, 0.6) is 0 Å². The van der Waals surface area contributed by atoms with Crippen molar-refractivity contribution < 1.29 is 14.3 Å². The predicted octanol–water partition coefficient (Wildman–Crippen LogP) is 3.23. The van der Waals surface area contributed by atoms with Gasteiger partial charge in [0, 0.05) is 13.2 Å². The third-order valence-electron chi connectivity index (χ3n) is 6.92. The lowest BCUT2D eigenvalue weighted by Gasteiger charge is -2.31. The summed E-state index contributed by atoms with van der Waals surface area (Å²) in [5, 5.41) is 8.66.